The van der Waals surface area contributed by atoms with Crippen LogP contribution in [0.4, 0.5) is 5.69 Å². The lowest BCUT2D eigenvalue weighted by atomic mass is 10.1. The maximum absolute atomic E-state index is 12.9. The van der Waals surface area contributed by atoms with Gasteiger partial charge in [-0.3, -0.25) is 9.59 Å². The summed E-state index contributed by atoms with van der Waals surface area (Å²) >= 11 is 0. The zero-order valence-electron chi connectivity index (χ0n) is 16.2. The van der Waals surface area contributed by atoms with Crippen molar-refractivity contribution in [1.29, 1.82) is 0 Å². The fourth-order valence-electron chi connectivity index (χ4n) is 3.67. The number of para-hydroxylation sites is 1. The van der Waals surface area contributed by atoms with Gasteiger partial charge in [0.05, 0.1) is 24.3 Å². The lowest BCUT2D eigenvalue weighted by Crippen LogP contribution is -2.36. The molecule has 1 amide bonds. The summed E-state index contributed by atoms with van der Waals surface area (Å²) in [5, 5.41) is 13.7. The van der Waals surface area contributed by atoms with Gasteiger partial charge in [-0.05, 0) is 23.8 Å². The van der Waals surface area contributed by atoms with Gasteiger partial charge in [0.25, 0.3) is 11.5 Å². The predicted molar refractivity (Wildman–Crippen MR) is 111 cm³/mol. The Kier molecular flexibility index (Phi) is 5.22. The SMILES string of the molecule is Cn1c(=O)c(O)c(C(=O)NCc2cccc(N3CCOCC3)c2)c2ccccc21. The van der Waals surface area contributed by atoms with E-state index in [1.165, 1.54) is 4.57 Å². The third kappa shape index (κ3) is 3.69. The zero-order chi connectivity index (χ0) is 20.4. The van der Waals surface area contributed by atoms with Crippen molar-refractivity contribution >= 4 is 22.5 Å². The fourth-order valence-corrected chi connectivity index (χ4v) is 3.67. The van der Waals surface area contributed by atoms with Crippen LogP contribution in [0.3, 0.4) is 0 Å². The topological polar surface area (TPSA) is 83.8 Å². The van der Waals surface area contributed by atoms with E-state index in [4.69, 9.17) is 4.74 Å². The fraction of sp³-hybridized carbons (Fsp3) is 0.273. The zero-order valence-corrected chi connectivity index (χ0v) is 16.2. The number of morpholine rings is 1. The van der Waals surface area contributed by atoms with Gasteiger partial charge >= 0.3 is 0 Å². The molecule has 29 heavy (non-hydrogen) atoms. The number of carbonyl (C=O) groups excluding carboxylic acids is 1. The van der Waals surface area contributed by atoms with Crippen LogP contribution < -0.4 is 15.8 Å². The van der Waals surface area contributed by atoms with Gasteiger partial charge in [0.2, 0.25) is 0 Å². The molecule has 1 fully saturated rings. The van der Waals surface area contributed by atoms with Crippen LogP contribution in [0, 0.1) is 0 Å². The number of ether oxygens (including phenoxy) is 1. The molecule has 0 bridgehead atoms. The number of carbonyl (C=O) groups is 1. The average molecular weight is 393 g/mol. The van der Waals surface area contributed by atoms with Crippen LogP contribution in [0.2, 0.25) is 0 Å². The van der Waals surface area contributed by atoms with Crippen LogP contribution in [0.5, 0.6) is 5.75 Å². The number of amides is 1. The Morgan fingerprint density at radius 1 is 1.14 bits per heavy atom. The molecule has 0 spiro atoms. The van der Waals surface area contributed by atoms with Crippen LogP contribution >= 0.6 is 0 Å². The lowest BCUT2D eigenvalue weighted by Gasteiger charge is -2.29. The number of pyridine rings is 1. The highest BCUT2D eigenvalue weighted by molar-refractivity contribution is 6.08. The van der Waals surface area contributed by atoms with Gasteiger partial charge < -0.3 is 24.6 Å². The van der Waals surface area contributed by atoms with Crippen molar-refractivity contribution in [2.45, 2.75) is 6.54 Å². The number of aryl methyl sites for hydroxylation is 1. The smallest absolute Gasteiger partial charge is 0.293 e. The third-order valence-electron chi connectivity index (χ3n) is 5.25. The first-order chi connectivity index (χ1) is 14.1. The predicted octanol–water partition coefficient (Wildman–Crippen LogP) is 2.01. The molecule has 0 unspecified atom stereocenters. The van der Waals surface area contributed by atoms with Crippen LogP contribution in [0.15, 0.2) is 53.3 Å². The molecular weight excluding hydrogens is 370 g/mol. The van der Waals surface area contributed by atoms with E-state index < -0.39 is 17.2 Å². The molecular formula is C22H23N3O4. The molecule has 1 saturated heterocycles. The second kappa shape index (κ2) is 7.97. The summed E-state index contributed by atoms with van der Waals surface area (Å²) < 4.78 is 6.73. The highest BCUT2D eigenvalue weighted by Gasteiger charge is 2.20. The summed E-state index contributed by atoms with van der Waals surface area (Å²) in [7, 11) is 1.57. The normalized spacial score (nSPS) is 14.2. The molecule has 0 aliphatic carbocycles. The first-order valence-electron chi connectivity index (χ1n) is 9.57. The van der Waals surface area contributed by atoms with Gasteiger partial charge in [-0.15, -0.1) is 0 Å². The van der Waals surface area contributed by atoms with Crippen molar-refractivity contribution < 1.29 is 14.6 Å². The number of fused-ring (bicyclic) bond motifs is 1. The number of hydrogen-bond donors (Lipinski definition) is 2. The molecule has 2 aromatic carbocycles. The number of nitrogens with zero attached hydrogens (tertiary/aromatic N) is 2. The minimum atomic E-state index is -0.594. The minimum absolute atomic E-state index is 0.00744. The number of nitrogens with one attached hydrogen (secondary N) is 1. The number of anilines is 1. The summed E-state index contributed by atoms with van der Waals surface area (Å²) in [6, 6.07) is 15.0. The molecule has 7 nitrogen and oxygen atoms in total. The molecule has 3 aromatic rings. The van der Waals surface area contributed by atoms with Gasteiger partial charge in [-0.2, -0.15) is 0 Å². The largest absolute Gasteiger partial charge is 0.502 e. The third-order valence-corrected chi connectivity index (χ3v) is 5.25. The van der Waals surface area contributed by atoms with Gasteiger partial charge in [0, 0.05) is 37.8 Å². The van der Waals surface area contributed by atoms with E-state index >= 15 is 0 Å². The second-order valence-electron chi connectivity index (χ2n) is 7.06. The molecule has 0 atom stereocenters. The van der Waals surface area contributed by atoms with Crippen molar-refractivity contribution in [1.82, 2.24) is 9.88 Å². The van der Waals surface area contributed by atoms with Crippen LogP contribution in [0.1, 0.15) is 15.9 Å². The van der Waals surface area contributed by atoms with E-state index in [0.717, 1.165) is 24.3 Å². The van der Waals surface area contributed by atoms with E-state index in [2.05, 4.69) is 10.2 Å². The number of aromatic hydroxyl groups is 1. The summed E-state index contributed by atoms with van der Waals surface area (Å²) in [6.07, 6.45) is 0. The number of benzene rings is 2. The minimum Gasteiger partial charge on any atom is -0.502 e. The van der Waals surface area contributed by atoms with E-state index in [9.17, 15) is 14.7 Å². The molecule has 1 aliphatic rings. The quantitative estimate of drug-likeness (QED) is 0.709. The maximum atomic E-state index is 12.9. The highest BCUT2D eigenvalue weighted by Crippen LogP contribution is 2.24. The lowest BCUT2D eigenvalue weighted by molar-refractivity contribution is 0.0949. The Bertz CT molecular complexity index is 1120. The number of hydrogen-bond acceptors (Lipinski definition) is 5. The van der Waals surface area contributed by atoms with Gasteiger partial charge in [-0.25, -0.2) is 0 Å². The molecule has 0 saturated carbocycles. The van der Waals surface area contributed by atoms with E-state index in [1.54, 1.807) is 31.3 Å². The van der Waals surface area contributed by atoms with E-state index in [0.29, 0.717) is 30.7 Å². The van der Waals surface area contributed by atoms with Gasteiger partial charge in [0.1, 0.15) is 0 Å². The van der Waals surface area contributed by atoms with E-state index in [-0.39, 0.29) is 5.56 Å². The first kappa shape index (κ1) is 19.0. The Hall–Kier alpha value is -3.32. The van der Waals surface area contributed by atoms with Crippen LogP contribution in [-0.4, -0.2) is 41.9 Å². The Labute approximate surface area is 168 Å². The van der Waals surface area contributed by atoms with Gasteiger partial charge in [-0.1, -0.05) is 30.3 Å². The Morgan fingerprint density at radius 2 is 1.90 bits per heavy atom. The summed E-state index contributed by atoms with van der Waals surface area (Å²) in [4.78, 5) is 27.4. The second-order valence-corrected chi connectivity index (χ2v) is 7.06. The van der Waals surface area contributed by atoms with Crippen molar-refractivity contribution in [3.05, 3.63) is 70.0 Å². The summed E-state index contributed by atoms with van der Waals surface area (Å²) in [6.45, 7) is 3.37. The summed E-state index contributed by atoms with van der Waals surface area (Å²) in [5.41, 5.74) is 2.03. The Morgan fingerprint density at radius 3 is 2.69 bits per heavy atom. The maximum Gasteiger partial charge on any atom is 0.293 e. The van der Waals surface area contributed by atoms with Crippen molar-refractivity contribution in [2.75, 3.05) is 31.2 Å². The van der Waals surface area contributed by atoms with Crippen molar-refractivity contribution in [2.24, 2.45) is 7.05 Å². The molecule has 2 heterocycles. The number of aromatic nitrogens is 1. The van der Waals surface area contributed by atoms with Crippen LogP contribution in [-0.2, 0) is 18.3 Å². The summed E-state index contributed by atoms with van der Waals surface area (Å²) in [5.74, 6) is -1.01. The highest BCUT2D eigenvalue weighted by atomic mass is 16.5. The molecule has 1 aromatic heterocycles. The molecule has 1 aliphatic heterocycles. The van der Waals surface area contributed by atoms with Crippen molar-refractivity contribution in [3.63, 3.8) is 0 Å². The van der Waals surface area contributed by atoms with E-state index in [1.807, 2.05) is 24.3 Å². The van der Waals surface area contributed by atoms with Crippen LogP contribution in [0.25, 0.3) is 10.9 Å². The van der Waals surface area contributed by atoms with Gasteiger partial charge in [0.15, 0.2) is 5.75 Å². The molecule has 150 valence electrons. The van der Waals surface area contributed by atoms with Crippen molar-refractivity contribution in [3.8, 4) is 5.75 Å². The standard InChI is InChI=1S/C22H23N3O4/c1-24-18-8-3-2-7-17(18)19(20(26)22(24)28)21(27)23-14-15-5-4-6-16(13-15)25-9-11-29-12-10-25/h2-8,13,26H,9-12,14H2,1H3,(H,23,27). The number of rotatable bonds is 4. The average Bonchev–Trinajstić information content (AvgIpc) is 2.77. The Balaban J connectivity index is 1.58. The molecule has 0 radical (unpaired) electrons. The molecule has 4 rings (SSSR count). The first-order valence-corrected chi connectivity index (χ1v) is 9.57. The molecule has 2 N–H and O–H groups in total. The molecule has 7 heteroatoms. The monoisotopic (exact) mass is 393 g/mol.